The van der Waals surface area contributed by atoms with Crippen molar-refractivity contribution in [2.45, 2.75) is 11.8 Å². The highest BCUT2D eigenvalue weighted by Gasteiger charge is 2.22. The van der Waals surface area contributed by atoms with Gasteiger partial charge in [-0.05, 0) is 31.2 Å². The topological polar surface area (TPSA) is 79.4 Å². The first-order valence-corrected chi connectivity index (χ1v) is 9.48. The Morgan fingerprint density at radius 2 is 1.81 bits per heavy atom. The van der Waals surface area contributed by atoms with Crippen molar-refractivity contribution < 1.29 is 13.2 Å². The monoisotopic (exact) mass is 369 g/mol. The third kappa shape index (κ3) is 3.89. The van der Waals surface area contributed by atoms with E-state index in [1.54, 1.807) is 24.4 Å². The highest BCUT2D eigenvalue weighted by Crippen LogP contribution is 2.17. The summed E-state index contributed by atoms with van der Waals surface area (Å²) >= 11 is 0. The van der Waals surface area contributed by atoms with Gasteiger partial charge in [0.05, 0.1) is 28.8 Å². The minimum absolute atomic E-state index is 0.158. The van der Waals surface area contributed by atoms with Crippen molar-refractivity contribution in [3.05, 3.63) is 66.4 Å². The van der Waals surface area contributed by atoms with Crippen molar-refractivity contribution in [1.82, 2.24) is 9.29 Å². The van der Waals surface area contributed by atoms with Crippen LogP contribution in [0.1, 0.15) is 5.56 Å². The summed E-state index contributed by atoms with van der Waals surface area (Å²) in [6, 6.07) is 15.9. The summed E-state index contributed by atoms with van der Waals surface area (Å²) in [6.45, 7) is 1.59. The average Bonchev–Trinajstić information content (AvgIpc) is 2.61. The second kappa shape index (κ2) is 7.23. The molecule has 1 aromatic heterocycles. The largest absolute Gasteiger partial charge is 0.324 e. The number of aromatic nitrogens is 1. The molecule has 7 heteroatoms. The fourth-order valence-electron chi connectivity index (χ4n) is 2.52. The molecule has 3 rings (SSSR count). The van der Waals surface area contributed by atoms with Crippen LogP contribution >= 0.6 is 0 Å². The van der Waals surface area contributed by atoms with Gasteiger partial charge in [-0.25, -0.2) is 8.42 Å². The molecule has 0 saturated heterocycles. The van der Waals surface area contributed by atoms with E-state index in [0.29, 0.717) is 5.69 Å². The molecule has 0 aliphatic rings. The van der Waals surface area contributed by atoms with Gasteiger partial charge >= 0.3 is 0 Å². The third-order valence-electron chi connectivity index (χ3n) is 3.97. The molecule has 1 amide bonds. The molecule has 1 heterocycles. The van der Waals surface area contributed by atoms with Gasteiger partial charge in [0, 0.05) is 12.4 Å². The van der Waals surface area contributed by atoms with Gasteiger partial charge in [-0.1, -0.05) is 35.9 Å². The number of nitrogens with zero attached hydrogens (tertiary/aromatic N) is 2. The lowest BCUT2D eigenvalue weighted by atomic mass is 10.2. The number of para-hydroxylation sites is 1. The number of likely N-dealkylation sites (N-methyl/N-ethyl adjacent to an activating group) is 1. The van der Waals surface area contributed by atoms with Gasteiger partial charge in [0.15, 0.2) is 0 Å². The van der Waals surface area contributed by atoms with E-state index in [1.807, 2.05) is 31.2 Å². The third-order valence-corrected chi connectivity index (χ3v) is 5.79. The van der Waals surface area contributed by atoms with Crippen LogP contribution in [0, 0.1) is 6.92 Å². The number of carbonyl (C=O) groups is 1. The molecule has 0 radical (unpaired) electrons. The van der Waals surface area contributed by atoms with E-state index in [2.05, 4.69) is 10.3 Å². The van der Waals surface area contributed by atoms with Gasteiger partial charge in [-0.15, -0.1) is 0 Å². The van der Waals surface area contributed by atoms with Gasteiger partial charge < -0.3 is 5.32 Å². The molecule has 0 fully saturated rings. The summed E-state index contributed by atoms with van der Waals surface area (Å²) in [6.07, 6.45) is 1.55. The van der Waals surface area contributed by atoms with E-state index < -0.39 is 15.9 Å². The Bertz CT molecular complexity index is 1050. The first kappa shape index (κ1) is 18.0. The fourth-order valence-corrected chi connectivity index (χ4v) is 3.64. The van der Waals surface area contributed by atoms with E-state index >= 15 is 0 Å². The summed E-state index contributed by atoms with van der Waals surface area (Å²) in [7, 11) is -2.34. The zero-order chi connectivity index (χ0) is 18.7. The van der Waals surface area contributed by atoms with Crippen molar-refractivity contribution in [3.8, 4) is 0 Å². The average molecular weight is 369 g/mol. The van der Waals surface area contributed by atoms with Crippen molar-refractivity contribution in [2.75, 3.05) is 18.9 Å². The number of aryl methyl sites for hydroxylation is 1. The molecule has 2 aromatic carbocycles. The lowest BCUT2D eigenvalue weighted by molar-refractivity contribution is -0.116. The lowest BCUT2D eigenvalue weighted by Gasteiger charge is -2.17. The summed E-state index contributed by atoms with van der Waals surface area (Å²) in [5.41, 5.74) is 2.31. The van der Waals surface area contributed by atoms with E-state index in [9.17, 15) is 13.2 Å². The van der Waals surface area contributed by atoms with Gasteiger partial charge in [0.2, 0.25) is 15.9 Å². The zero-order valence-corrected chi connectivity index (χ0v) is 15.3. The number of sulfonamides is 1. The highest BCUT2D eigenvalue weighted by atomic mass is 32.2. The van der Waals surface area contributed by atoms with Crippen molar-refractivity contribution in [3.63, 3.8) is 0 Å². The molecule has 134 valence electrons. The maximum Gasteiger partial charge on any atom is 0.243 e. The van der Waals surface area contributed by atoms with Crippen LogP contribution in [-0.4, -0.2) is 37.2 Å². The number of hydrogen-bond acceptors (Lipinski definition) is 4. The van der Waals surface area contributed by atoms with Gasteiger partial charge in [-0.3, -0.25) is 9.78 Å². The first-order chi connectivity index (χ1) is 12.4. The minimum Gasteiger partial charge on any atom is -0.324 e. The minimum atomic E-state index is -3.72. The summed E-state index contributed by atoms with van der Waals surface area (Å²) in [5, 5.41) is 3.58. The number of benzene rings is 2. The smallest absolute Gasteiger partial charge is 0.243 e. The van der Waals surface area contributed by atoms with Crippen LogP contribution < -0.4 is 5.32 Å². The summed E-state index contributed by atoms with van der Waals surface area (Å²) in [4.78, 5) is 16.7. The van der Waals surface area contributed by atoms with Gasteiger partial charge in [0.25, 0.3) is 0 Å². The molecule has 0 spiro atoms. The Kier molecular flexibility index (Phi) is 5.01. The molecule has 0 aliphatic carbocycles. The number of pyridine rings is 1. The molecule has 26 heavy (non-hydrogen) atoms. The van der Waals surface area contributed by atoms with E-state index in [0.717, 1.165) is 20.8 Å². The molecule has 0 saturated carbocycles. The standard InChI is InChI=1S/C19H19N3O3S/c1-14-7-9-17(10-8-14)26(24,25)22(2)13-19(23)21-16-11-15-5-3-4-6-18(15)20-12-16/h3-12H,13H2,1-2H3,(H,21,23). The Balaban J connectivity index is 1.71. The highest BCUT2D eigenvalue weighted by molar-refractivity contribution is 7.89. The van der Waals surface area contributed by atoms with Crippen LogP contribution in [0.3, 0.4) is 0 Å². The predicted molar refractivity (Wildman–Crippen MR) is 101 cm³/mol. The molecule has 0 bridgehead atoms. The lowest BCUT2D eigenvalue weighted by Crippen LogP contribution is -2.35. The SMILES string of the molecule is Cc1ccc(S(=O)(=O)N(C)CC(=O)Nc2cnc3ccccc3c2)cc1. The number of fused-ring (bicyclic) bond motifs is 1. The number of carbonyl (C=O) groups excluding carboxylic acids is 1. The van der Waals surface area contributed by atoms with Gasteiger partial charge in [0.1, 0.15) is 0 Å². The Morgan fingerprint density at radius 3 is 2.54 bits per heavy atom. The molecule has 0 atom stereocenters. The van der Waals surface area contributed by atoms with E-state index in [1.165, 1.54) is 19.2 Å². The molecule has 1 N–H and O–H groups in total. The summed E-state index contributed by atoms with van der Waals surface area (Å²) < 4.78 is 26.1. The van der Waals surface area contributed by atoms with Gasteiger partial charge in [-0.2, -0.15) is 4.31 Å². The maximum atomic E-state index is 12.5. The van der Waals surface area contributed by atoms with Crippen LogP contribution in [0.15, 0.2) is 65.7 Å². The van der Waals surface area contributed by atoms with Crippen molar-refractivity contribution in [1.29, 1.82) is 0 Å². The fraction of sp³-hybridized carbons (Fsp3) is 0.158. The maximum absolute atomic E-state index is 12.5. The van der Waals surface area contributed by atoms with Crippen LogP contribution in [0.5, 0.6) is 0 Å². The van der Waals surface area contributed by atoms with E-state index in [-0.39, 0.29) is 11.4 Å². The normalized spacial score (nSPS) is 11.7. The molecular formula is C19H19N3O3S. The Labute approximate surface area is 152 Å². The van der Waals surface area contributed by atoms with Crippen LogP contribution in [0.2, 0.25) is 0 Å². The molecule has 3 aromatic rings. The zero-order valence-electron chi connectivity index (χ0n) is 14.5. The Hall–Kier alpha value is -2.77. The number of nitrogens with one attached hydrogen (secondary N) is 1. The molecule has 0 unspecified atom stereocenters. The number of hydrogen-bond donors (Lipinski definition) is 1. The summed E-state index contributed by atoms with van der Waals surface area (Å²) in [5.74, 6) is -0.430. The van der Waals surface area contributed by atoms with Crippen LogP contribution in [0.25, 0.3) is 10.9 Å². The number of rotatable bonds is 5. The van der Waals surface area contributed by atoms with Crippen molar-refractivity contribution in [2.24, 2.45) is 0 Å². The molecule has 6 nitrogen and oxygen atoms in total. The first-order valence-electron chi connectivity index (χ1n) is 8.04. The molecule has 0 aliphatic heterocycles. The quantitative estimate of drug-likeness (QED) is 0.750. The van der Waals surface area contributed by atoms with Crippen LogP contribution in [-0.2, 0) is 14.8 Å². The second-order valence-corrected chi connectivity index (χ2v) is 8.08. The van der Waals surface area contributed by atoms with E-state index in [4.69, 9.17) is 0 Å². The second-order valence-electron chi connectivity index (χ2n) is 6.04. The number of anilines is 1. The van der Waals surface area contributed by atoms with Crippen LogP contribution in [0.4, 0.5) is 5.69 Å². The number of amides is 1. The predicted octanol–water partition coefficient (Wildman–Crippen LogP) is 2.80. The Morgan fingerprint density at radius 1 is 1.12 bits per heavy atom. The van der Waals surface area contributed by atoms with Crippen molar-refractivity contribution >= 4 is 32.5 Å². The molecular weight excluding hydrogens is 350 g/mol.